The molecule has 0 saturated heterocycles. The summed E-state index contributed by atoms with van der Waals surface area (Å²) in [5, 5.41) is 20.1. The molecule has 0 bridgehead atoms. The Bertz CT molecular complexity index is 407. The summed E-state index contributed by atoms with van der Waals surface area (Å²) in [5.74, 6) is 0.463. The Hall–Kier alpha value is -1.12. The molecule has 0 aromatic heterocycles. The first-order valence-corrected chi connectivity index (χ1v) is 8.32. The van der Waals surface area contributed by atoms with Gasteiger partial charge in [-0.25, -0.2) is 0 Å². The summed E-state index contributed by atoms with van der Waals surface area (Å²) in [6, 6.07) is 10.2. The lowest BCUT2D eigenvalue weighted by molar-refractivity contribution is 0.0870. The second-order valence-electron chi connectivity index (χ2n) is 6.22. The summed E-state index contributed by atoms with van der Waals surface area (Å²) in [6.45, 7) is 0. The van der Waals surface area contributed by atoms with Gasteiger partial charge < -0.3 is 10.2 Å². The van der Waals surface area contributed by atoms with Gasteiger partial charge in [-0.1, -0.05) is 61.7 Å². The first-order chi connectivity index (χ1) is 10.3. The van der Waals surface area contributed by atoms with Gasteiger partial charge >= 0.3 is 0 Å². The second kappa shape index (κ2) is 9.01. The van der Waals surface area contributed by atoms with Crippen molar-refractivity contribution in [3.8, 4) is 0 Å². The molecule has 0 radical (unpaired) electrons. The molecule has 116 valence electrons. The molecular formula is C19H28O2. The van der Waals surface area contributed by atoms with E-state index < -0.39 is 6.10 Å². The molecule has 2 rings (SSSR count). The quantitative estimate of drug-likeness (QED) is 0.748. The molecule has 1 aliphatic carbocycles. The van der Waals surface area contributed by atoms with Gasteiger partial charge in [0.1, 0.15) is 0 Å². The molecule has 2 nitrogen and oxygen atoms in total. The predicted octanol–water partition coefficient (Wildman–Crippen LogP) is 3.87. The van der Waals surface area contributed by atoms with Crippen molar-refractivity contribution in [2.75, 3.05) is 0 Å². The lowest BCUT2D eigenvalue weighted by atomic mass is 9.84. The summed E-state index contributed by atoms with van der Waals surface area (Å²) < 4.78 is 0. The fraction of sp³-hybridized carbons (Fsp3) is 0.579. The van der Waals surface area contributed by atoms with Crippen LogP contribution in [0.4, 0.5) is 0 Å². The fourth-order valence-electron chi connectivity index (χ4n) is 3.14. The van der Waals surface area contributed by atoms with E-state index >= 15 is 0 Å². The standard InChI is InChI=1S/C19H28O2/c20-18(15-14-16-8-3-1-4-9-16)12-7-13-19(21)17-10-5-2-6-11-17/h1,3-4,7-9,12,17-21H,2,5-6,10-11,13-15H2/b12-7+/t18-,19-/m1/s1. The largest absolute Gasteiger partial charge is 0.393 e. The van der Waals surface area contributed by atoms with Crippen molar-refractivity contribution in [2.24, 2.45) is 5.92 Å². The molecule has 1 aliphatic rings. The van der Waals surface area contributed by atoms with E-state index in [1.54, 1.807) is 0 Å². The molecule has 0 unspecified atom stereocenters. The number of benzene rings is 1. The van der Waals surface area contributed by atoms with Crippen LogP contribution in [0.25, 0.3) is 0 Å². The molecule has 0 heterocycles. The Labute approximate surface area is 128 Å². The highest BCUT2D eigenvalue weighted by atomic mass is 16.3. The number of aliphatic hydroxyl groups excluding tert-OH is 2. The molecule has 1 saturated carbocycles. The van der Waals surface area contributed by atoms with Gasteiger partial charge in [-0.3, -0.25) is 0 Å². The van der Waals surface area contributed by atoms with Crippen LogP contribution in [0.5, 0.6) is 0 Å². The molecule has 2 N–H and O–H groups in total. The van der Waals surface area contributed by atoms with E-state index in [2.05, 4.69) is 12.1 Å². The lowest BCUT2D eigenvalue weighted by Crippen LogP contribution is -2.22. The van der Waals surface area contributed by atoms with Crippen LogP contribution in [0.1, 0.15) is 50.5 Å². The normalized spacial score (nSPS) is 19.7. The van der Waals surface area contributed by atoms with Crippen LogP contribution < -0.4 is 0 Å². The Balaban J connectivity index is 1.65. The van der Waals surface area contributed by atoms with Crippen LogP contribution in [-0.2, 0) is 6.42 Å². The van der Waals surface area contributed by atoms with Crippen molar-refractivity contribution in [1.82, 2.24) is 0 Å². The van der Waals surface area contributed by atoms with Crippen LogP contribution >= 0.6 is 0 Å². The zero-order valence-electron chi connectivity index (χ0n) is 12.8. The predicted molar refractivity (Wildman–Crippen MR) is 87.1 cm³/mol. The van der Waals surface area contributed by atoms with Crippen molar-refractivity contribution < 1.29 is 10.2 Å². The van der Waals surface area contributed by atoms with Gasteiger partial charge in [0.25, 0.3) is 0 Å². The average Bonchev–Trinajstić information content (AvgIpc) is 2.54. The SMILES string of the molecule is O[C@H](/C=C/C[C@@H](O)C1CCCCC1)CCc1ccccc1. The zero-order valence-corrected chi connectivity index (χ0v) is 12.8. The fourth-order valence-corrected chi connectivity index (χ4v) is 3.14. The van der Waals surface area contributed by atoms with Gasteiger partial charge in [-0.2, -0.15) is 0 Å². The Kier molecular flexibility index (Phi) is 6.98. The van der Waals surface area contributed by atoms with E-state index in [0.717, 1.165) is 25.7 Å². The molecule has 1 aromatic rings. The van der Waals surface area contributed by atoms with E-state index in [0.29, 0.717) is 12.3 Å². The van der Waals surface area contributed by atoms with Gasteiger partial charge in [0.2, 0.25) is 0 Å². The summed E-state index contributed by atoms with van der Waals surface area (Å²) in [7, 11) is 0. The van der Waals surface area contributed by atoms with Crippen molar-refractivity contribution in [2.45, 2.75) is 63.6 Å². The van der Waals surface area contributed by atoms with Crippen molar-refractivity contribution in [3.05, 3.63) is 48.0 Å². The summed E-state index contributed by atoms with van der Waals surface area (Å²) in [6.07, 6.45) is 11.6. The Morgan fingerprint density at radius 2 is 1.76 bits per heavy atom. The van der Waals surface area contributed by atoms with Crippen LogP contribution in [-0.4, -0.2) is 22.4 Å². The minimum Gasteiger partial charge on any atom is -0.393 e. The number of rotatable bonds is 7. The summed E-state index contributed by atoms with van der Waals surface area (Å²) in [4.78, 5) is 0. The minimum absolute atomic E-state index is 0.233. The molecule has 0 aliphatic heterocycles. The van der Waals surface area contributed by atoms with Gasteiger partial charge in [0.05, 0.1) is 12.2 Å². The maximum Gasteiger partial charge on any atom is 0.0724 e. The molecule has 1 fully saturated rings. The zero-order chi connectivity index (χ0) is 14.9. The topological polar surface area (TPSA) is 40.5 Å². The molecule has 0 spiro atoms. The lowest BCUT2D eigenvalue weighted by Gasteiger charge is -2.25. The molecule has 1 aromatic carbocycles. The molecule has 2 heteroatoms. The van der Waals surface area contributed by atoms with Gasteiger partial charge in [0, 0.05) is 0 Å². The van der Waals surface area contributed by atoms with E-state index in [1.165, 1.54) is 24.8 Å². The number of aryl methyl sites for hydroxylation is 1. The van der Waals surface area contributed by atoms with Gasteiger partial charge in [0.15, 0.2) is 0 Å². The van der Waals surface area contributed by atoms with Gasteiger partial charge in [-0.05, 0) is 43.6 Å². The molecule has 0 amide bonds. The highest BCUT2D eigenvalue weighted by molar-refractivity contribution is 5.15. The minimum atomic E-state index is -0.413. The van der Waals surface area contributed by atoms with E-state index in [1.807, 2.05) is 30.4 Å². The smallest absolute Gasteiger partial charge is 0.0724 e. The molecule has 2 atom stereocenters. The highest BCUT2D eigenvalue weighted by Crippen LogP contribution is 2.27. The Morgan fingerprint density at radius 1 is 1.05 bits per heavy atom. The van der Waals surface area contributed by atoms with Crippen LogP contribution in [0.2, 0.25) is 0 Å². The third kappa shape index (κ3) is 6.03. The molecular weight excluding hydrogens is 260 g/mol. The van der Waals surface area contributed by atoms with Crippen molar-refractivity contribution >= 4 is 0 Å². The van der Waals surface area contributed by atoms with Crippen molar-refractivity contribution in [3.63, 3.8) is 0 Å². The highest BCUT2D eigenvalue weighted by Gasteiger charge is 2.20. The maximum atomic E-state index is 10.2. The molecule has 21 heavy (non-hydrogen) atoms. The second-order valence-corrected chi connectivity index (χ2v) is 6.22. The van der Waals surface area contributed by atoms with Crippen LogP contribution in [0.15, 0.2) is 42.5 Å². The van der Waals surface area contributed by atoms with Crippen LogP contribution in [0, 0.1) is 5.92 Å². The first kappa shape index (κ1) is 16.3. The Morgan fingerprint density at radius 3 is 2.48 bits per heavy atom. The van der Waals surface area contributed by atoms with E-state index in [4.69, 9.17) is 0 Å². The average molecular weight is 288 g/mol. The summed E-state index contributed by atoms with van der Waals surface area (Å²) in [5.41, 5.74) is 1.26. The monoisotopic (exact) mass is 288 g/mol. The third-order valence-electron chi connectivity index (χ3n) is 4.50. The number of aliphatic hydroxyl groups is 2. The van der Waals surface area contributed by atoms with E-state index in [-0.39, 0.29) is 6.10 Å². The number of hydrogen-bond acceptors (Lipinski definition) is 2. The number of hydrogen-bond donors (Lipinski definition) is 2. The van der Waals surface area contributed by atoms with Gasteiger partial charge in [-0.15, -0.1) is 0 Å². The van der Waals surface area contributed by atoms with Crippen molar-refractivity contribution in [1.29, 1.82) is 0 Å². The van der Waals surface area contributed by atoms with Crippen LogP contribution in [0.3, 0.4) is 0 Å². The first-order valence-electron chi connectivity index (χ1n) is 8.32. The third-order valence-corrected chi connectivity index (χ3v) is 4.50. The maximum absolute atomic E-state index is 10.2. The van der Waals surface area contributed by atoms with E-state index in [9.17, 15) is 10.2 Å². The summed E-state index contributed by atoms with van der Waals surface area (Å²) >= 11 is 0.